The summed E-state index contributed by atoms with van der Waals surface area (Å²) in [5.41, 5.74) is 22.4. The molecule has 0 fully saturated rings. The van der Waals surface area contributed by atoms with E-state index >= 15 is 0 Å². The molecule has 0 aliphatic carbocycles. The Morgan fingerprint density at radius 1 is 1.07 bits per heavy atom. The minimum Gasteiger partial charge on any atom is -0.370 e. The largest absolute Gasteiger partial charge is 0.370 e. The molecule has 10 N–H and O–H groups in total. The lowest BCUT2D eigenvalue weighted by Gasteiger charge is -2.16. The highest BCUT2D eigenvalue weighted by Crippen LogP contribution is 2.02. The number of carbonyl (C=O) groups is 3. The first-order valence-corrected chi connectivity index (χ1v) is 8.51. The smallest absolute Gasteiger partial charge is 0.240 e. The van der Waals surface area contributed by atoms with Crippen molar-refractivity contribution in [3.63, 3.8) is 0 Å². The Morgan fingerprint density at radius 3 is 2.33 bits per heavy atom. The van der Waals surface area contributed by atoms with Crippen LogP contribution in [0.4, 0.5) is 0 Å². The van der Waals surface area contributed by atoms with E-state index in [1.165, 1.54) is 0 Å². The lowest BCUT2D eigenvalue weighted by Crippen LogP contribution is -2.50. The molecule has 10 heteroatoms. The maximum absolute atomic E-state index is 12.0. The highest BCUT2D eigenvalue weighted by Gasteiger charge is 2.19. The minimum absolute atomic E-state index is 0.0517. The van der Waals surface area contributed by atoms with E-state index in [2.05, 4.69) is 15.6 Å². The van der Waals surface area contributed by atoms with E-state index in [1.807, 2.05) is 30.3 Å². The van der Waals surface area contributed by atoms with Gasteiger partial charge < -0.3 is 33.6 Å². The van der Waals surface area contributed by atoms with Gasteiger partial charge in [-0.15, -0.1) is 0 Å². The summed E-state index contributed by atoms with van der Waals surface area (Å²) in [6.45, 7) is 0.00602. The Bertz CT molecular complexity index is 660. The topological polar surface area (TPSA) is 192 Å². The molecule has 0 saturated heterocycles. The standard InChI is InChI=1S/C17H27N7O3/c18-12(9-11-5-2-1-3-6-11)16(27)23-10-14(25)24-13(15(19)26)7-4-8-22-17(20)21/h1-3,5-6,12-13H,4,7-10,18H2,(H2,19,26)(H,23,27)(H,24,25)(H4,20,21,22)/t12-,13-/m0/s1. The van der Waals surface area contributed by atoms with E-state index in [0.717, 1.165) is 5.56 Å². The Morgan fingerprint density at radius 2 is 1.74 bits per heavy atom. The number of primary amides is 1. The van der Waals surface area contributed by atoms with Crippen LogP contribution in [0.25, 0.3) is 0 Å². The van der Waals surface area contributed by atoms with Crippen LogP contribution >= 0.6 is 0 Å². The predicted octanol–water partition coefficient (Wildman–Crippen LogP) is -2.30. The Hall–Kier alpha value is -3.14. The zero-order valence-corrected chi connectivity index (χ0v) is 15.1. The lowest BCUT2D eigenvalue weighted by molar-refractivity contribution is -0.129. The third-order valence-electron chi connectivity index (χ3n) is 3.68. The van der Waals surface area contributed by atoms with Crippen LogP contribution in [0, 0.1) is 0 Å². The van der Waals surface area contributed by atoms with Crippen LogP contribution in [-0.2, 0) is 20.8 Å². The number of nitrogens with two attached hydrogens (primary N) is 4. The van der Waals surface area contributed by atoms with Crippen molar-refractivity contribution in [3.05, 3.63) is 35.9 Å². The number of amides is 3. The van der Waals surface area contributed by atoms with Crippen molar-refractivity contribution in [1.82, 2.24) is 10.6 Å². The van der Waals surface area contributed by atoms with Gasteiger partial charge in [0.15, 0.2) is 5.96 Å². The molecular weight excluding hydrogens is 350 g/mol. The zero-order chi connectivity index (χ0) is 20.2. The fourth-order valence-corrected chi connectivity index (χ4v) is 2.29. The quantitative estimate of drug-likeness (QED) is 0.143. The average molecular weight is 377 g/mol. The number of benzene rings is 1. The molecule has 0 saturated carbocycles. The third-order valence-corrected chi connectivity index (χ3v) is 3.68. The van der Waals surface area contributed by atoms with Gasteiger partial charge in [0.05, 0.1) is 12.6 Å². The molecule has 0 aliphatic heterocycles. The van der Waals surface area contributed by atoms with Crippen LogP contribution in [0.1, 0.15) is 18.4 Å². The van der Waals surface area contributed by atoms with Crippen LogP contribution in [0.15, 0.2) is 35.3 Å². The van der Waals surface area contributed by atoms with Crippen molar-refractivity contribution in [3.8, 4) is 0 Å². The normalized spacial score (nSPS) is 12.5. The molecule has 0 heterocycles. The van der Waals surface area contributed by atoms with Crippen LogP contribution in [0.5, 0.6) is 0 Å². The van der Waals surface area contributed by atoms with Crippen molar-refractivity contribution >= 4 is 23.7 Å². The summed E-state index contributed by atoms with van der Waals surface area (Å²) in [7, 11) is 0. The molecule has 0 spiro atoms. The maximum atomic E-state index is 12.0. The van der Waals surface area contributed by atoms with E-state index in [4.69, 9.17) is 22.9 Å². The fraction of sp³-hybridized carbons (Fsp3) is 0.412. The summed E-state index contributed by atoms with van der Waals surface area (Å²) in [6, 6.07) is 7.63. The van der Waals surface area contributed by atoms with Crippen molar-refractivity contribution in [2.75, 3.05) is 13.1 Å². The fourth-order valence-electron chi connectivity index (χ4n) is 2.29. The van der Waals surface area contributed by atoms with E-state index in [0.29, 0.717) is 19.4 Å². The Kier molecular flexibility index (Phi) is 9.30. The van der Waals surface area contributed by atoms with Gasteiger partial charge in [0.25, 0.3) is 0 Å². The third kappa shape index (κ3) is 9.21. The van der Waals surface area contributed by atoms with Gasteiger partial charge in [-0.3, -0.25) is 19.4 Å². The van der Waals surface area contributed by atoms with E-state index < -0.39 is 29.8 Å². The lowest BCUT2D eigenvalue weighted by atomic mass is 10.1. The molecule has 27 heavy (non-hydrogen) atoms. The monoisotopic (exact) mass is 377 g/mol. The van der Waals surface area contributed by atoms with Crippen LogP contribution in [0.3, 0.4) is 0 Å². The van der Waals surface area contributed by atoms with Gasteiger partial charge in [0.2, 0.25) is 17.7 Å². The predicted molar refractivity (Wildman–Crippen MR) is 102 cm³/mol. The van der Waals surface area contributed by atoms with E-state index in [-0.39, 0.29) is 18.9 Å². The summed E-state index contributed by atoms with van der Waals surface area (Å²) in [6.07, 6.45) is 1.09. The molecule has 1 rings (SSSR count). The molecule has 1 aromatic rings. The first-order valence-electron chi connectivity index (χ1n) is 8.51. The van der Waals surface area contributed by atoms with Crippen LogP contribution < -0.4 is 33.6 Å². The molecule has 0 aromatic heterocycles. The highest BCUT2D eigenvalue weighted by molar-refractivity contribution is 5.90. The second-order valence-electron chi connectivity index (χ2n) is 5.99. The molecule has 2 atom stereocenters. The van der Waals surface area contributed by atoms with Crippen LogP contribution in [0.2, 0.25) is 0 Å². The second-order valence-corrected chi connectivity index (χ2v) is 5.99. The van der Waals surface area contributed by atoms with Gasteiger partial charge in [0, 0.05) is 6.54 Å². The van der Waals surface area contributed by atoms with E-state index in [1.54, 1.807) is 0 Å². The Balaban J connectivity index is 2.39. The molecule has 0 bridgehead atoms. The number of hydrogen-bond donors (Lipinski definition) is 6. The molecule has 3 amide bonds. The Labute approximate surface area is 157 Å². The number of nitrogens with one attached hydrogen (secondary N) is 2. The molecular formula is C17H27N7O3. The number of rotatable bonds is 11. The van der Waals surface area contributed by atoms with Gasteiger partial charge in [-0.2, -0.15) is 0 Å². The summed E-state index contributed by atoms with van der Waals surface area (Å²) < 4.78 is 0. The van der Waals surface area contributed by atoms with Gasteiger partial charge in [-0.1, -0.05) is 30.3 Å². The van der Waals surface area contributed by atoms with Crippen molar-refractivity contribution in [1.29, 1.82) is 0 Å². The molecule has 1 aromatic carbocycles. The number of carbonyl (C=O) groups excluding carboxylic acids is 3. The number of hydrogen-bond acceptors (Lipinski definition) is 5. The molecule has 0 aliphatic rings. The van der Waals surface area contributed by atoms with Crippen LogP contribution in [-0.4, -0.2) is 48.9 Å². The van der Waals surface area contributed by atoms with Gasteiger partial charge in [-0.25, -0.2) is 0 Å². The summed E-state index contributed by atoms with van der Waals surface area (Å²) in [5.74, 6) is -1.73. The minimum atomic E-state index is -0.874. The average Bonchev–Trinajstić information content (AvgIpc) is 2.62. The summed E-state index contributed by atoms with van der Waals surface area (Å²) in [4.78, 5) is 39.2. The van der Waals surface area contributed by atoms with Crippen molar-refractivity contribution in [2.24, 2.45) is 27.9 Å². The number of guanidine groups is 1. The van der Waals surface area contributed by atoms with Crippen molar-refractivity contribution < 1.29 is 14.4 Å². The first-order chi connectivity index (χ1) is 12.8. The summed E-state index contributed by atoms with van der Waals surface area (Å²) >= 11 is 0. The number of aliphatic imine (C=N–C) groups is 1. The molecule has 148 valence electrons. The molecule has 0 unspecified atom stereocenters. The van der Waals surface area contributed by atoms with Gasteiger partial charge in [0.1, 0.15) is 6.04 Å². The number of nitrogens with zero attached hydrogens (tertiary/aromatic N) is 1. The van der Waals surface area contributed by atoms with E-state index in [9.17, 15) is 14.4 Å². The molecule has 0 radical (unpaired) electrons. The van der Waals surface area contributed by atoms with Gasteiger partial charge in [-0.05, 0) is 24.8 Å². The maximum Gasteiger partial charge on any atom is 0.240 e. The molecule has 10 nitrogen and oxygen atoms in total. The summed E-state index contributed by atoms with van der Waals surface area (Å²) in [5, 5.41) is 4.91. The zero-order valence-electron chi connectivity index (χ0n) is 15.1. The SMILES string of the molecule is NC(=O)[C@H](CCCN=C(N)N)NC(=O)CNC(=O)[C@@H](N)Cc1ccccc1. The highest BCUT2D eigenvalue weighted by atomic mass is 16.2. The second kappa shape index (κ2) is 11.5. The van der Waals surface area contributed by atoms with Crippen molar-refractivity contribution in [2.45, 2.75) is 31.3 Å². The van der Waals surface area contributed by atoms with Gasteiger partial charge >= 0.3 is 0 Å². The first kappa shape index (κ1) is 21.9.